The molecule has 1 N–H and O–H groups in total. The summed E-state index contributed by atoms with van der Waals surface area (Å²) in [5.74, 6) is 0.682. The van der Waals surface area contributed by atoms with Crippen molar-refractivity contribution in [2.45, 2.75) is 60.0 Å². The van der Waals surface area contributed by atoms with Crippen molar-refractivity contribution in [3.63, 3.8) is 0 Å². The molecule has 0 saturated heterocycles. The third-order valence-electron chi connectivity index (χ3n) is 4.42. The average molecular weight is 290 g/mol. The molecule has 0 heterocycles. The van der Waals surface area contributed by atoms with Crippen LogP contribution in [0.3, 0.4) is 0 Å². The molecule has 120 valence electrons. The smallest absolute Gasteiger partial charge is 0.0449 e. The number of rotatable bonds is 8. The van der Waals surface area contributed by atoms with Crippen LogP contribution >= 0.6 is 0 Å². The van der Waals surface area contributed by atoms with Gasteiger partial charge in [-0.1, -0.05) is 50.1 Å². The van der Waals surface area contributed by atoms with Gasteiger partial charge in [-0.25, -0.2) is 0 Å². The number of aryl methyl sites for hydroxylation is 2. The van der Waals surface area contributed by atoms with E-state index in [-0.39, 0.29) is 0 Å². The molecule has 0 bridgehead atoms. The van der Waals surface area contributed by atoms with Gasteiger partial charge in [-0.05, 0) is 52.3 Å². The Bertz CT molecular complexity index is 405. The molecular weight excluding hydrogens is 256 g/mol. The first-order valence-electron chi connectivity index (χ1n) is 8.37. The van der Waals surface area contributed by atoms with Crippen LogP contribution in [0.1, 0.15) is 56.8 Å². The first-order valence-corrected chi connectivity index (χ1v) is 8.37. The van der Waals surface area contributed by atoms with Crippen LogP contribution in [0.5, 0.6) is 0 Å². The molecule has 1 rings (SSSR count). The highest BCUT2D eigenvalue weighted by molar-refractivity contribution is 5.31. The molecule has 0 aliphatic heterocycles. The number of nitrogens with one attached hydrogen (secondary N) is 1. The van der Waals surface area contributed by atoms with Crippen LogP contribution in [-0.4, -0.2) is 31.1 Å². The van der Waals surface area contributed by atoms with Crippen molar-refractivity contribution < 1.29 is 0 Å². The van der Waals surface area contributed by atoms with Crippen molar-refractivity contribution in [1.82, 2.24) is 10.2 Å². The van der Waals surface area contributed by atoms with E-state index in [2.05, 4.69) is 77.0 Å². The second-order valence-electron chi connectivity index (χ2n) is 6.85. The van der Waals surface area contributed by atoms with E-state index < -0.39 is 0 Å². The van der Waals surface area contributed by atoms with Crippen LogP contribution in [0.2, 0.25) is 0 Å². The van der Waals surface area contributed by atoms with Gasteiger partial charge in [-0.2, -0.15) is 0 Å². The van der Waals surface area contributed by atoms with Gasteiger partial charge in [0.1, 0.15) is 0 Å². The highest BCUT2D eigenvalue weighted by Gasteiger charge is 2.19. The predicted molar refractivity (Wildman–Crippen MR) is 93.9 cm³/mol. The van der Waals surface area contributed by atoms with Gasteiger partial charge >= 0.3 is 0 Å². The lowest BCUT2D eigenvalue weighted by atomic mass is 9.99. The Labute approximate surface area is 131 Å². The topological polar surface area (TPSA) is 15.3 Å². The highest BCUT2D eigenvalue weighted by Crippen LogP contribution is 2.20. The number of likely N-dealkylation sites (N-methyl/N-ethyl adjacent to an activating group) is 1. The summed E-state index contributed by atoms with van der Waals surface area (Å²) in [7, 11) is 2.24. The quantitative estimate of drug-likeness (QED) is 0.767. The second kappa shape index (κ2) is 8.55. The SMILES string of the molecule is CCCNC(CN(C)C(C)C(C)C)c1cc(C)cc(C)c1. The Kier molecular flexibility index (Phi) is 7.41. The molecule has 0 radical (unpaired) electrons. The molecule has 0 saturated carbocycles. The fourth-order valence-electron chi connectivity index (χ4n) is 2.78. The van der Waals surface area contributed by atoms with E-state index in [4.69, 9.17) is 0 Å². The third kappa shape index (κ3) is 5.80. The van der Waals surface area contributed by atoms with E-state index in [0.29, 0.717) is 18.0 Å². The fourth-order valence-corrected chi connectivity index (χ4v) is 2.78. The van der Waals surface area contributed by atoms with Crippen molar-refractivity contribution in [3.05, 3.63) is 34.9 Å². The highest BCUT2D eigenvalue weighted by atomic mass is 15.2. The molecule has 0 aromatic heterocycles. The van der Waals surface area contributed by atoms with Crippen molar-refractivity contribution in [3.8, 4) is 0 Å². The van der Waals surface area contributed by atoms with E-state index in [0.717, 1.165) is 13.1 Å². The maximum absolute atomic E-state index is 3.72. The van der Waals surface area contributed by atoms with Gasteiger partial charge in [0.2, 0.25) is 0 Å². The van der Waals surface area contributed by atoms with Gasteiger partial charge in [-0.15, -0.1) is 0 Å². The molecule has 21 heavy (non-hydrogen) atoms. The summed E-state index contributed by atoms with van der Waals surface area (Å²) >= 11 is 0. The molecule has 0 amide bonds. The molecule has 2 unspecified atom stereocenters. The van der Waals surface area contributed by atoms with Crippen molar-refractivity contribution >= 4 is 0 Å². The summed E-state index contributed by atoms with van der Waals surface area (Å²) in [6, 6.07) is 7.92. The maximum Gasteiger partial charge on any atom is 0.0449 e. The lowest BCUT2D eigenvalue weighted by molar-refractivity contribution is 0.188. The van der Waals surface area contributed by atoms with E-state index >= 15 is 0 Å². The van der Waals surface area contributed by atoms with Crippen LogP contribution in [0, 0.1) is 19.8 Å². The van der Waals surface area contributed by atoms with E-state index in [1.54, 1.807) is 0 Å². The number of nitrogens with zero attached hydrogens (tertiary/aromatic N) is 1. The first-order chi connectivity index (χ1) is 9.85. The Morgan fingerprint density at radius 2 is 1.62 bits per heavy atom. The zero-order valence-corrected chi connectivity index (χ0v) is 15.0. The number of hydrogen-bond donors (Lipinski definition) is 1. The minimum atomic E-state index is 0.412. The van der Waals surface area contributed by atoms with E-state index in [1.165, 1.54) is 23.1 Å². The predicted octanol–water partition coefficient (Wildman–Crippen LogP) is 4.32. The monoisotopic (exact) mass is 290 g/mol. The first kappa shape index (κ1) is 18.2. The summed E-state index contributed by atoms with van der Waals surface area (Å²) < 4.78 is 0. The van der Waals surface area contributed by atoms with Crippen molar-refractivity contribution in [2.24, 2.45) is 5.92 Å². The summed E-state index contributed by atoms with van der Waals surface area (Å²) in [6.07, 6.45) is 1.17. The van der Waals surface area contributed by atoms with Gasteiger partial charge < -0.3 is 10.2 Å². The van der Waals surface area contributed by atoms with Gasteiger partial charge in [0, 0.05) is 18.6 Å². The van der Waals surface area contributed by atoms with Crippen LogP contribution in [-0.2, 0) is 0 Å². The van der Waals surface area contributed by atoms with Gasteiger partial charge in [0.25, 0.3) is 0 Å². The minimum Gasteiger partial charge on any atom is -0.309 e. The largest absolute Gasteiger partial charge is 0.309 e. The second-order valence-corrected chi connectivity index (χ2v) is 6.85. The van der Waals surface area contributed by atoms with Crippen molar-refractivity contribution in [2.75, 3.05) is 20.1 Å². The summed E-state index contributed by atoms with van der Waals surface area (Å²) in [4.78, 5) is 2.48. The molecule has 1 aromatic rings. The third-order valence-corrected chi connectivity index (χ3v) is 4.42. The van der Waals surface area contributed by atoms with Crippen LogP contribution in [0.15, 0.2) is 18.2 Å². The fraction of sp³-hybridized carbons (Fsp3) is 0.684. The lowest BCUT2D eigenvalue weighted by Gasteiger charge is -2.32. The maximum atomic E-state index is 3.72. The summed E-state index contributed by atoms with van der Waals surface area (Å²) in [6.45, 7) is 15.7. The zero-order chi connectivity index (χ0) is 16.0. The molecule has 2 nitrogen and oxygen atoms in total. The Balaban J connectivity index is 2.89. The molecule has 2 atom stereocenters. The van der Waals surface area contributed by atoms with Gasteiger partial charge in [0.05, 0.1) is 0 Å². The van der Waals surface area contributed by atoms with E-state index in [1.807, 2.05) is 0 Å². The minimum absolute atomic E-state index is 0.412. The summed E-state index contributed by atoms with van der Waals surface area (Å²) in [5, 5.41) is 3.72. The molecule has 0 aliphatic rings. The molecule has 2 heteroatoms. The Morgan fingerprint density at radius 1 is 1.05 bits per heavy atom. The van der Waals surface area contributed by atoms with Gasteiger partial charge in [0.15, 0.2) is 0 Å². The van der Waals surface area contributed by atoms with Crippen LogP contribution in [0.25, 0.3) is 0 Å². The van der Waals surface area contributed by atoms with Crippen LogP contribution in [0.4, 0.5) is 0 Å². The standard InChI is InChI=1S/C19H34N2/c1-8-9-20-19(13-21(7)17(6)14(2)3)18-11-15(4)10-16(5)12-18/h10-12,14,17,19-20H,8-9,13H2,1-7H3. The summed E-state index contributed by atoms with van der Waals surface area (Å²) in [5.41, 5.74) is 4.13. The lowest BCUT2D eigenvalue weighted by Crippen LogP contribution is -2.40. The number of benzene rings is 1. The number of hydrogen-bond acceptors (Lipinski definition) is 2. The van der Waals surface area contributed by atoms with E-state index in [9.17, 15) is 0 Å². The molecule has 1 aromatic carbocycles. The normalized spacial score (nSPS) is 14.7. The van der Waals surface area contributed by atoms with Crippen molar-refractivity contribution in [1.29, 1.82) is 0 Å². The zero-order valence-electron chi connectivity index (χ0n) is 15.0. The molecule has 0 spiro atoms. The Hall–Kier alpha value is -0.860. The molecular formula is C19H34N2. The average Bonchev–Trinajstić information content (AvgIpc) is 2.40. The molecule has 0 aliphatic carbocycles. The van der Waals surface area contributed by atoms with Crippen LogP contribution < -0.4 is 5.32 Å². The Morgan fingerprint density at radius 3 is 2.10 bits per heavy atom. The van der Waals surface area contributed by atoms with Gasteiger partial charge in [-0.3, -0.25) is 0 Å². The molecule has 0 fully saturated rings.